The molecule has 4 aromatic rings. The fourth-order valence-electron chi connectivity index (χ4n) is 3.80. The normalized spacial score (nSPS) is 10.7. The minimum atomic E-state index is 0. The van der Waals surface area contributed by atoms with Gasteiger partial charge in [-0.05, 0) is 67.5 Å². The van der Waals surface area contributed by atoms with Crippen LogP contribution in [0.1, 0.15) is 16.8 Å². The summed E-state index contributed by atoms with van der Waals surface area (Å²) >= 11 is 3.53. The van der Waals surface area contributed by atoms with E-state index in [4.69, 9.17) is 19.4 Å². The molecule has 0 aliphatic heterocycles. The van der Waals surface area contributed by atoms with Gasteiger partial charge < -0.3 is 14.8 Å². The lowest BCUT2D eigenvalue weighted by molar-refractivity contribution is 0.354. The minimum Gasteiger partial charge on any atom is -0.493 e. The maximum atomic E-state index is 5.59. The number of nitrogens with zero attached hydrogens (tertiary/aromatic N) is 2. The molecule has 7 heteroatoms. The van der Waals surface area contributed by atoms with Crippen LogP contribution >= 0.6 is 32.9 Å². The molecule has 33 heavy (non-hydrogen) atoms. The Bertz CT molecular complexity index is 1230. The largest absolute Gasteiger partial charge is 0.493 e. The highest BCUT2D eigenvalue weighted by Gasteiger charge is 2.16. The van der Waals surface area contributed by atoms with Crippen LogP contribution in [0.2, 0.25) is 0 Å². The summed E-state index contributed by atoms with van der Waals surface area (Å²) in [5, 5.41) is 3.24. The predicted octanol–water partition coefficient (Wildman–Crippen LogP) is 6.01. The summed E-state index contributed by atoms with van der Waals surface area (Å²) in [6.45, 7) is 0.867. The smallest absolute Gasteiger partial charge is 0.161 e. The van der Waals surface area contributed by atoms with Crippen LogP contribution in [0, 0.1) is 0 Å². The van der Waals surface area contributed by atoms with Crippen LogP contribution in [-0.4, -0.2) is 37.8 Å². The molecule has 0 saturated heterocycles. The topological polar surface area (TPSA) is 56.3 Å². The number of ether oxygens (including phenoxy) is 2. The molecular formula is C26H27Br2N3O2. The van der Waals surface area contributed by atoms with Crippen molar-refractivity contribution in [2.75, 3.05) is 27.8 Å². The lowest BCUT2D eigenvalue weighted by atomic mass is 9.96. The molecular weight excluding hydrogens is 546 g/mol. The van der Waals surface area contributed by atoms with Crippen LogP contribution in [-0.2, 0) is 12.8 Å². The molecule has 1 heterocycles. The number of hydrogen-bond acceptors (Lipinski definition) is 5. The fourth-order valence-corrected chi connectivity index (χ4v) is 4.06. The van der Waals surface area contributed by atoms with Crippen molar-refractivity contribution in [1.29, 1.82) is 0 Å². The first kappa shape index (κ1) is 25.1. The molecule has 0 unspecified atom stereocenters. The van der Waals surface area contributed by atoms with E-state index in [1.165, 1.54) is 5.56 Å². The Morgan fingerprint density at radius 1 is 0.848 bits per heavy atom. The molecule has 0 spiro atoms. The van der Waals surface area contributed by atoms with E-state index >= 15 is 0 Å². The molecule has 0 radical (unpaired) electrons. The number of halogens is 2. The highest BCUT2D eigenvalue weighted by Crippen LogP contribution is 2.33. The van der Waals surface area contributed by atoms with Gasteiger partial charge in [-0.25, -0.2) is 9.97 Å². The molecule has 0 fully saturated rings. The van der Waals surface area contributed by atoms with Gasteiger partial charge in [-0.15, -0.1) is 17.0 Å². The Morgan fingerprint density at radius 2 is 1.45 bits per heavy atom. The van der Waals surface area contributed by atoms with Gasteiger partial charge in [0.15, 0.2) is 11.5 Å². The van der Waals surface area contributed by atoms with Crippen molar-refractivity contribution in [1.82, 2.24) is 15.3 Å². The molecule has 0 saturated carbocycles. The Hall–Kier alpha value is -2.48. The summed E-state index contributed by atoms with van der Waals surface area (Å²) in [4.78, 5) is 10.0. The van der Waals surface area contributed by atoms with E-state index in [2.05, 4.69) is 45.5 Å². The molecule has 0 aliphatic rings. The highest BCUT2D eigenvalue weighted by atomic mass is 79.9. The minimum absolute atomic E-state index is 0. The summed E-state index contributed by atoms with van der Waals surface area (Å²) < 4.78 is 12.2. The number of nitrogens with one attached hydrogen (secondary N) is 1. The molecule has 0 atom stereocenters. The van der Waals surface area contributed by atoms with Crippen molar-refractivity contribution in [2.24, 2.45) is 0 Å². The first-order valence-corrected chi connectivity index (χ1v) is 11.3. The quantitative estimate of drug-likeness (QED) is 0.280. The van der Waals surface area contributed by atoms with Gasteiger partial charge in [-0.1, -0.05) is 40.2 Å². The average Bonchev–Trinajstić information content (AvgIpc) is 2.83. The Morgan fingerprint density at radius 3 is 2.06 bits per heavy atom. The molecule has 0 amide bonds. The fraction of sp³-hybridized carbons (Fsp3) is 0.231. The Labute approximate surface area is 213 Å². The molecule has 0 bridgehead atoms. The van der Waals surface area contributed by atoms with Crippen LogP contribution < -0.4 is 14.8 Å². The highest BCUT2D eigenvalue weighted by molar-refractivity contribution is 9.10. The summed E-state index contributed by atoms with van der Waals surface area (Å²) in [6.07, 6.45) is 1.52. The van der Waals surface area contributed by atoms with E-state index in [1.807, 2.05) is 43.4 Å². The standard InChI is InChI=1S/C26H26BrN3O2.BrH/c1-28-13-12-18-15-24(31-2)25(32-3)16-19(18)14-23-26(17-8-10-20(27)11-9-17)30-22-7-5-4-6-21(22)29-23;/h4-11,15-16,28H,12-14H2,1-3H3;1H. The maximum absolute atomic E-state index is 5.59. The van der Waals surface area contributed by atoms with E-state index in [9.17, 15) is 0 Å². The number of aromatic nitrogens is 2. The number of rotatable bonds is 8. The van der Waals surface area contributed by atoms with Gasteiger partial charge in [-0.2, -0.15) is 0 Å². The van der Waals surface area contributed by atoms with Crippen molar-refractivity contribution >= 4 is 43.9 Å². The van der Waals surface area contributed by atoms with Gasteiger partial charge in [0.2, 0.25) is 0 Å². The number of methoxy groups -OCH3 is 2. The van der Waals surface area contributed by atoms with Crippen molar-refractivity contribution in [3.8, 4) is 22.8 Å². The summed E-state index contributed by atoms with van der Waals surface area (Å²) in [7, 11) is 5.29. The van der Waals surface area contributed by atoms with Crippen molar-refractivity contribution in [2.45, 2.75) is 12.8 Å². The van der Waals surface area contributed by atoms with Gasteiger partial charge in [-0.3, -0.25) is 0 Å². The number of fused-ring (bicyclic) bond motifs is 1. The van der Waals surface area contributed by atoms with E-state index in [0.29, 0.717) is 6.42 Å². The zero-order valence-corrected chi connectivity index (χ0v) is 22.2. The predicted molar refractivity (Wildman–Crippen MR) is 143 cm³/mol. The van der Waals surface area contributed by atoms with Crippen LogP contribution in [0.25, 0.3) is 22.3 Å². The number of para-hydroxylation sites is 2. The second-order valence-electron chi connectivity index (χ2n) is 7.52. The summed E-state index contributed by atoms with van der Waals surface area (Å²) in [6, 6.07) is 20.3. The summed E-state index contributed by atoms with van der Waals surface area (Å²) in [5.74, 6) is 1.45. The van der Waals surface area contributed by atoms with Crippen molar-refractivity contribution < 1.29 is 9.47 Å². The first-order chi connectivity index (χ1) is 15.6. The molecule has 5 nitrogen and oxygen atoms in total. The molecule has 4 rings (SSSR count). The third kappa shape index (κ3) is 5.72. The number of benzene rings is 3. The van der Waals surface area contributed by atoms with E-state index in [-0.39, 0.29) is 17.0 Å². The third-order valence-corrected chi connectivity index (χ3v) is 6.00. The molecule has 172 valence electrons. The van der Waals surface area contributed by atoms with Gasteiger partial charge in [0.05, 0.1) is 36.6 Å². The maximum Gasteiger partial charge on any atom is 0.161 e. The number of hydrogen-bond donors (Lipinski definition) is 1. The van der Waals surface area contributed by atoms with Crippen LogP contribution in [0.4, 0.5) is 0 Å². The lowest BCUT2D eigenvalue weighted by Gasteiger charge is -2.16. The summed E-state index contributed by atoms with van der Waals surface area (Å²) in [5.41, 5.74) is 7.00. The Kier molecular flexibility index (Phi) is 8.83. The second-order valence-corrected chi connectivity index (χ2v) is 8.44. The van der Waals surface area contributed by atoms with Crippen LogP contribution in [0.3, 0.4) is 0 Å². The molecule has 1 N–H and O–H groups in total. The van der Waals surface area contributed by atoms with Gasteiger partial charge in [0, 0.05) is 16.5 Å². The van der Waals surface area contributed by atoms with Crippen LogP contribution in [0.15, 0.2) is 65.1 Å². The van der Waals surface area contributed by atoms with Gasteiger partial charge >= 0.3 is 0 Å². The zero-order valence-electron chi connectivity index (χ0n) is 18.9. The van der Waals surface area contributed by atoms with Crippen LogP contribution in [0.5, 0.6) is 11.5 Å². The van der Waals surface area contributed by atoms with Gasteiger partial charge in [0.1, 0.15) is 0 Å². The Balaban J connectivity index is 0.00000306. The SMILES string of the molecule is Br.CNCCc1cc(OC)c(OC)cc1Cc1nc2ccccc2nc1-c1ccc(Br)cc1. The average molecular weight is 573 g/mol. The molecule has 3 aromatic carbocycles. The van der Waals surface area contributed by atoms with Gasteiger partial charge in [0.25, 0.3) is 0 Å². The molecule has 1 aromatic heterocycles. The van der Waals surface area contributed by atoms with Crippen molar-refractivity contribution in [3.05, 3.63) is 82.0 Å². The van der Waals surface area contributed by atoms with E-state index < -0.39 is 0 Å². The first-order valence-electron chi connectivity index (χ1n) is 10.5. The number of likely N-dealkylation sites (N-methyl/N-ethyl adjacent to an activating group) is 1. The zero-order chi connectivity index (χ0) is 22.5. The lowest BCUT2D eigenvalue weighted by Crippen LogP contribution is -2.12. The van der Waals surface area contributed by atoms with Crippen molar-refractivity contribution in [3.63, 3.8) is 0 Å². The van der Waals surface area contributed by atoms with E-state index in [1.54, 1.807) is 14.2 Å². The third-order valence-electron chi connectivity index (χ3n) is 5.47. The van der Waals surface area contributed by atoms with E-state index in [0.717, 1.165) is 62.5 Å². The molecule has 0 aliphatic carbocycles. The monoisotopic (exact) mass is 571 g/mol. The second kappa shape index (κ2) is 11.6.